The van der Waals surface area contributed by atoms with Crippen LogP contribution >= 0.6 is 34.4 Å². The van der Waals surface area contributed by atoms with Crippen molar-refractivity contribution in [1.82, 2.24) is 8.75 Å². The van der Waals surface area contributed by atoms with Crippen molar-refractivity contribution < 1.29 is 13.5 Å². The molecule has 3 aromatic heterocycles. The van der Waals surface area contributed by atoms with Crippen molar-refractivity contribution >= 4 is 45.4 Å². The third kappa shape index (κ3) is 7.39. The Hall–Kier alpha value is -1.90. The van der Waals surface area contributed by atoms with Gasteiger partial charge < -0.3 is 4.74 Å². The zero-order valence-electron chi connectivity index (χ0n) is 27.4. The van der Waals surface area contributed by atoms with E-state index in [0.29, 0.717) is 27.7 Å². The van der Waals surface area contributed by atoms with E-state index in [1.165, 1.54) is 43.4 Å². The first kappa shape index (κ1) is 33.5. The fourth-order valence-corrected chi connectivity index (χ4v) is 9.51. The summed E-state index contributed by atoms with van der Waals surface area (Å²) in [6, 6.07) is 5.42. The van der Waals surface area contributed by atoms with E-state index in [4.69, 9.17) is 4.74 Å². The minimum atomic E-state index is -0.882. The maximum atomic E-state index is 15.5. The number of benzene rings is 1. The molecule has 1 aliphatic rings. The second-order valence-corrected chi connectivity index (χ2v) is 17.0. The number of halogens is 2. The molecular weight excluding hydrogens is 611 g/mol. The summed E-state index contributed by atoms with van der Waals surface area (Å²) in [7, 11) is 0. The lowest BCUT2D eigenvalue weighted by Gasteiger charge is -2.39. The van der Waals surface area contributed by atoms with E-state index in [2.05, 4.69) is 69.3 Å². The molecule has 4 heterocycles. The second kappa shape index (κ2) is 14.3. The van der Waals surface area contributed by atoms with E-state index in [0.717, 1.165) is 76.4 Å². The molecule has 0 bridgehead atoms. The highest BCUT2D eigenvalue weighted by molar-refractivity contribution is 7.24. The largest absolute Gasteiger partial charge is 0.481 e. The first-order chi connectivity index (χ1) is 21.0. The lowest BCUT2D eigenvalue weighted by atomic mass is 9.78. The van der Waals surface area contributed by atoms with Gasteiger partial charge in [0.1, 0.15) is 22.4 Å². The summed E-state index contributed by atoms with van der Waals surface area (Å²) in [6.07, 6.45) is 11.4. The van der Waals surface area contributed by atoms with Crippen molar-refractivity contribution in [3.8, 4) is 25.9 Å². The molecule has 8 heteroatoms. The third-order valence-corrected chi connectivity index (χ3v) is 12.2. The monoisotopic (exact) mass is 658 g/mol. The lowest BCUT2D eigenvalue weighted by molar-refractivity contribution is 0.0323. The van der Waals surface area contributed by atoms with E-state index in [1.807, 2.05) is 0 Å². The molecule has 0 spiro atoms. The Morgan fingerprint density at radius 3 is 2.02 bits per heavy atom. The number of hydrogen-bond donors (Lipinski definition) is 0. The summed E-state index contributed by atoms with van der Waals surface area (Å²) in [5.41, 5.74) is 1.68. The van der Waals surface area contributed by atoms with E-state index in [-0.39, 0.29) is 5.56 Å². The molecule has 1 aromatic carbocycles. The van der Waals surface area contributed by atoms with Gasteiger partial charge in [0.25, 0.3) is 0 Å². The van der Waals surface area contributed by atoms with Crippen LogP contribution in [0.15, 0.2) is 18.2 Å². The number of rotatable bonds is 15. The molecule has 0 N–H and O–H groups in total. The molecule has 0 saturated heterocycles. The van der Waals surface area contributed by atoms with Gasteiger partial charge in [-0.05, 0) is 68.4 Å². The number of ether oxygens (including phenoxy) is 1. The Kier molecular flexibility index (Phi) is 10.8. The summed E-state index contributed by atoms with van der Waals surface area (Å²) < 4.78 is 46.1. The number of hydrogen-bond acceptors (Lipinski definition) is 6. The highest BCUT2D eigenvalue weighted by Gasteiger charge is 2.43. The van der Waals surface area contributed by atoms with Crippen molar-refractivity contribution in [2.75, 3.05) is 0 Å². The normalized spacial score (nSPS) is 17.7. The van der Waals surface area contributed by atoms with Gasteiger partial charge in [-0.3, -0.25) is 0 Å². The van der Waals surface area contributed by atoms with E-state index >= 15 is 4.39 Å². The van der Waals surface area contributed by atoms with Gasteiger partial charge in [0.2, 0.25) is 0 Å². The Labute approximate surface area is 274 Å². The quantitative estimate of drug-likeness (QED) is 0.127. The Morgan fingerprint density at radius 1 is 0.773 bits per heavy atom. The van der Waals surface area contributed by atoms with Crippen LogP contribution in [0.1, 0.15) is 116 Å². The molecule has 0 radical (unpaired) electrons. The summed E-state index contributed by atoms with van der Waals surface area (Å²) in [4.78, 5) is 4.13. The van der Waals surface area contributed by atoms with E-state index in [9.17, 15) is 4.39 Å². The van der Waals surface area contributed by atoms with Crippen LogP contribution in [0, 0.1) is 42.2 Å². The smallest absolute Gasteiger partial charge is 0.169 e. The van der Waals surface area contributed by atoms with Crippen LogP contribution in [0.4, 0.5) is 8.78 Å². The van der Waals surface area contributed by atoms with Crippen LogP contribution in [0.5, 0.6) is 5.75 Å². The van der Waals surface area contributed by atoms with Crippen molar-refractivity contribution in [3.05, 3.63) is 40.3 Å². The summed E-state index contributed by atoms with van der Waals surface area (Å²) in [5.74, 6) is 1.83. The first-order valence-electron chi connectivity index (χ1n) is 16.5. The number of aryl methyl sites for hydroxylation is 1. The second-order valence-electron chi connectivity index (χ2n) is 14.1. The Balaban J connectivity index is 1.54. The van der Waals surface area contributed by atoms with E-state index in [1.54, 1.807) is 22.7 Å². The predicted molar refractivity (Wildman–Crippen MR) is 185 cm³/mol. The zero-order valence-corrected chi connectivity index (χ0v) is 29.8. The molecule has 5 rings (SSSR count). The van der Waals surface area contributed by atoms with Gasteiger partial charge in [-0.15, -0.1) is 22.7 Å². The minimum Gasteiger partial charge on any atom is -0.481 e. The minimum absolute atomic E-state index is 0.223. The average molecular weight is 659 g/mol. The lowest BCUT2D eigenvalue weighted by Crippen LogP contribution is -2.36. The van der Waals surface area contributed by atoms with Gasteiger partial charge in [-0.25, -0.2) is 8.78 Å². The molecular formula is C36H48F2N2OS3. The molecule has 0 saturated carbocycles. The summed E-state index contributed by atoms with van der Waals surface area (Å²) in [6.45, 7) is 16.1. The van der Waals surface area contributed by atoms with Gasteiger partial charge in [0, 0.05) is 21.4 Å². The first-order valence-corrected chi connectivity index (χ1v) is 18.9. The molecule has 1 aliphatic heterocycles. The maximum absolute atomic E-state index is 15.5. The SMILES string of the molecule is Cc1cc2c(s1)-c1sc(-c3c(F)c(F)cc4nsnc34)cc1C(CCC(C)CCCC(C)C)(CCC(C)CCCC(C)C)O2. The van der Waals surface area contributed by atoms with Crippen LogP contribution in [-0.4, -0.2) is 8.75 Å². The standard InChI is InChI=1S/C36H48F2N2OS3/c1-21(2)10-8-12-23(5)14-16-36(17-15-24(6)13-9-11-22(3)4)26-19-30(43-34(26)35-29(41-36)18-25(7)42-35)31-32(38)27(37)20-28-33(31)40-44-39-28/h18-24H,8-17H2,1-7H3. The van der Waals surface area contributed by atoms with Gasteiger partial charge in [-0.1, -0.05) is 80.1 Å². The topological polar surface area (TPSA) is 35.0 Å². The number of nitrogens with zero attached hydrogens (tertiary/aromatic N) is 2. The third-order valence-electron chi connectivity index (χ3n) is 9.28. The fraction of sp³-hybridized carbons (Fsp3) is 0.611. The van der Waals surface area contributed by atoms with Crippen molar-refractivity contribution in [3.63, 3.8) is 0 Å². The van der Waals surface area contributed by atoms with Crippen LogP contribution in [0.2, 0.25) is 0 Å². The Morgan fingerprint density at radius 2 is 1.41 bits per heavy atom. The van der Waals surface area contributed by atoms with Crippen molar-refractivity contribution in [2.24, 2.45) is 23.7 Å². The van der Waals surface area contributed by atoms with Crippen LogP contribution in [0.3, 0.4) is 0 Å². The zero-order chi connectivity index (χ0) is 31.6. The van der Waals surface area contributed by atoms with Crippen LogP contribution < -0.4 is 4.74 Å². The molecule has 0 fully saturated rings. The molecule has 44 heavy (non-hydrogen) atoms. The average Bonchev–Trinajstić information content (AvgIpc) is 3.69. The molecule has 3 nitrogen and oxygen atoms in total. The molecule has 4 aromatic rings. The van der Waals surface area contributed by atoms with Crippen LogP contribution in [-0.2, 0) is 5.60 Å². The van der Waals surface area contributed by atoms with Gasteiger partial charge in [-0.2, -0.15) is 8.75 Å². The van der Waals surface area contributed by atoms with Crippen molar-refractivity contribution in [2.45, 2.75) is 118 Å². The molecule has 2 unspecified atom stereocenters. The number of fused-ring (bicyclic) bond motifs is 4. The summed E-state index contributed by atoms with van der Waals surface area (Å²) >= 11 is 4.27. The fourth-order valence-electron chi connectivity index (χ4n) is 6.60. The summed E-state index contributed by atoms with van der Waals surface area (Å²) in [5, 5.41) is 0. The highest BCUT2D eigenvalue weighted by atomic mass is 32.1. The van der Waals surface area contributed by atoms with E-state index < -0.39 is 17.2 Å². The van der Waals surface area contributed by atoms with Gasteiger partial charge in [0.15, 0.2) is 11.6 Å². The number of aromatic nitrogens is 2. The Bertz CT molecular complexity index is 1530. The van der Waals surface area contributed by atoms with Gasteiger partial charge in [0.05, 0.1) is 27.0 Å². The highest BCUT2D eigenvalue weighted by Crippen LogP contribution is 2.57. The molecule has 0 aliphatic carbocycles. The molecule has 2 atom stereocenters. The number of thiophene rings is 2. The maximum Gasteiger partial charge on any atom is 0.169 e. The molecule has 240 valence electrons. The van der Waals surface area contributed by atoms with Crippen molar-refractivity contribution in [1.29, 1.82) is 0 Å². The van der Waals surface area contributed by atoms with Crippen LogP contribution in [0.25, 0.3) is 31.2 Å². The predicted octanol–water partition coefficient (Wildman–Crippen LogP) is 12.8. The van der Waals surface area contributed by atoms with Gasteiger partial charge >= 0.3 is 0 Å². The molecule has 0 amide bonds.